The fourth-order valence-electron chi connectivity index (χ4n) is 2.17. The third kappa shape index (κ3) is 6.09. The Balaban J connectivity index is 2.95. The highest BCUT2D eigenvalue weighted by atomic mass is 79.9. The van der Waals surface area contributed by atoms with Crippen molar-refractivity contribution in [2.45, 2.75) is 26.3 Å². The smallest absolute Gasteiger partial charge is 0.335 e. The number of carbonyl (C=O) groups excluding carboxylic acids is 2. The van der Waals surface area contributed by atoms with Crippen LogP contribution >= 0.6 is 15.9 Å². The number of hydrogen-bond donors (Lipinski definition) is 1. The van der Waals surface area contributed by atoms with Crippen molar-refractivity contribution in [2.24, 2.45) is 5.92 Å². The number of ether oxygens (including phenoxy) is 2. The predicted octanol–water partition coefficient (Wildman–Crippen LogP) is 3.18. The first-order valence-corrected chi connectivity index (χ1v) is 8.57. The normalized spacial score (nSPS) is 14.0. The lowest BCUT2D eigenvalue weighted by molar-refractivity contribution is -0.144. The summed E-state index contributed by atoms with van der Waals surface area (Å²) in [5, 5.41) is 3.12. The number of methoxy groups -OCH3 is 2. The number of halogens is 1. The van der Waals surface area contributed by atoms with Crippen molar-refractivity contribution < 1.29 is 19.1 Å². The van der Waals surface area contributed by atoms with Crippen LogP contribution in [0, 0.1) is 5.92 Å². The molecule has 0 aliphatic carbocycles. The van der Waals surface area contributed by atoms with Gasteiger partial charge in [0.1, 0.15) is 6.04 Å². The Morgan fingerprint density at radius 3 is 2.33 bits per heavy atom. The summed E-state index contributed by atoms with van der Waals surface area (Å²) < 4.78 is 10.6. The van der Waals surface area contributed by atoms with Crippen LogP contribution < -0.4 is 5.32 Å². The molecule has 5 nitrogen and oxygen atoms in total. The summed E-state index contributed by atoms with van der Waals surface area (Å²) in [5.74, 6) is -0.681. The molecule has 1 aromatic rings. The van der Waals surface area contributed by atoms with Gasteiger partial charge in [-0.1, -0.05) is 48.3 Å². The summed E-state index contributed by atoms with van der Waals surface area (Å²) in [7, 11) is 2.70. The largest absolute Gasteiger partial charge is 0.468 e. The van der Waals surface area contributed by atoms with Gasteiger partial charge in [-0.15, -0.1) is 0 Å². The maximum absolute atomic E-state index is 12.0. The standard InChI is InChI=1S/C18H24BrNO4/c1-5-12(2)16(18(22)24-4)20-11-14(17(21)23-3)10-13-6-8-15(19)9-7-13/h6-10,12,16,20H,5,11H2,1-4H3/b14-10+. The molecule has 0 saturated carbocycles. The number of nitrogens with one attached hydrogen (secondary N) is 1. The van der Waals surface area contributed by atoms with Crippen LogP contribution in [0.1, 0.15) is 25.8 Å². The molecule has 0 aliphatic rings. The molecule has 0 radical (unpaired) electrons. The Morgan fingerprint density at radius 1 is 1.21 bits per heavy atom. The molecule has 0 fully saturated rings. The van der Waals surface area contributed by atoms with Crippen LogP contribution in [0.15, 0.2) is 34.3 Å². The zero-order valence-electron chi connectivity index (χ0n) is 14.5. The molecule has 0 aromatic heterocycles. The van der Waals surface area contributed by atoms with E-state index in [4.69, 9.17) is 9.47 Å². The Kier molecular flexibility index (Phi) is 8.71. The van der Waals surface area contributed by atoms with Gasteiger partial charge in [-0.25, -0.2) is 4.79 Å². The summed E-state index contributed by atoms with van der Waals surface area (Å²) in [4.78, 5) is 24.0. The third-order valence-corrected chi connectivity index (χ3v) is 4.37. The summed E-state index contributed by atoms with van der Waals surface area (Å²) in [6.45, 7) is 4.18. The zero-order chi connectivity index (χ0) is 18.1. The van der Waals surface area contributed by atoms with Gasteiger partial charge in [-0.3, -0.25) is 10.1 Å². The van der Waals surface area contributed by atoms with Crippen LogP contribution in [0.5, 0.6) is 0 Å². The van der Waals surface area contributed by atoms with Gasteiger partial charge < -0.3 is 9.47 Å². The molecule has 132 valence electrons. The van der Waals surface area contributed by atoms with E-state index >= 15 is 0 Å². The topological polar surface area (TPSA) is 64.6 Å². The molecule has 0 saturated heterocycles. The molecular weight excluding hydrogens is 374 g/mol. The third-order valence-electron chi connectivity index (χ3n) is 3.84. The van der Waals surface area contributed by atoms with Crippen molar-refractivity contribution in [1.82, 2.24) is 5.32 Å². The second-order valence-corrected chi connectivity index (χ2v) is 6.40. The highest BCUT2D eigenvalue weighted by Crippen LogP contribution is 2.15. The van der Waals surface area contributed by atoms with Crippen molar-refractivity contribution in [2.75, 3.05) is 20.8 Å². The van der Waals surface area contributed by atoms with Crippen LogP contribution in [-0.2, 0) is 19.1 Å². The average Bonchev–Trinajstić information content (AvgIpc) is 2.61. The van der Waals surface area contributed by atoms with Gasteiger partial charge in [-0.05, 0) is 29.7 Å². The number of hydrogen-bond acceptors (Lipinski definition) is 5. The number of rotatable bonds is 8. The second kappa shape index (κ2) is 10.3. The van der Waals surface area contributed by atoms with Crippen molar-refractivity contribution in [3.05, 3.63) is 39.9 Å². The van der Waals surface area contributed by atoms with Crippen molar-refractivity contribution in [1.29, 1.82) is 0 Å². The number of benzene rings is 1. The molecule has 2 unspecified atom stereocenters. The first-order chi connectivity index (χ1) is 11.4. The fourth-order valence-corrected chi connectivity index (χ4v) is 2.44. The predicted molar refractivity (Wildman–Crippen MR) is 97.4 cm³/mol. The Hall–Kier alpha value is -1.66. The highest BCUT2D eigenvalue weighted by Gasteiger charge is 2.25. The van der Waals surface area contributed by atoms with Gasteiger partial charge >= 0.3 is 11.9 Å². The summed E-state index contributed by atoms with van der Waals surface area (Å²) in [6, 6.07) is 7.09. The summed E-state index contributed by atoms with van der Waals surface area (Å²) in [5.41, 5.74) is 1.32. The Bertz CT molecular complexity index is 583. The Morgan fingerprint density at radius 2 is 1.83 bits per heavy atom. The van der Waals surface area contributed by atoms with Crippen molar-refractivity contribution in [3.63, 3.8) is 0 Å². The van der Waals surface area contributed by atoms with Crippen LogP contribution in [0.4, 0.5) is 0 Å². The van der Waals surface area contributed by atoms with E-state index in [1.165, 1.54) is 14.2 Å². The van der Waals surface area contributed by atoms with Crippen molar-refractivity contribution >= 4 is 33.9 Å². The van der Waals surface area contributed by atoms with E-state index in [0.29, 0.717) is 5.57 Å². The molecule has 24 heavy (non-hydrogen) atoms. The first-order valence-electron chi connectivity index (χ1n) is 7.78. The van der Waals surface area contributed by atoms with Crippen LogP contribution in [0.2, 0.25) is 0 Å². The summed E-state index contributed by atoms with van der Waals surface area (Å²) >= 11 is 3.38. The molecule has 0 aliphatic heterocycles. The maximum atomic E-state index is 12.0. The van der Waals surface area contributed by atoms with Gasteiger partial charge in [0.2, 0.25) is 0 Å². The quantitative estimate of drug-likeness (QED) is 0.538. The monoisotopic (exact) mass is 397 g/mol. The van der Waals surface area contributed by atoms with E-state index in [-0.39, 0.29) is 18.4 Å². The first kappa shape index (κ1) is 20.4. The number of carbonyl (C=O) groups is 2. The van der Waals surface area contributed by atoms with Crippen LogP contribution in [0.25, 0.3) is 6.08 Å². The van der Waals surface area contributed by atoms with Crippen LogP contribution in [-0.4, -0.2) is 38.7 Å². The van der Waals surface area contributed by atoms with Gasteiger partial charge in [-0.2, -0.15) is 0 Å². The molecule has 0 amide bonds. The highest BCUT2D eigenvalue weighted by molar-refractivity contribution is 9.10. The maximum Gasteiger partial charge on any atom is 0.335 e. The van der Waals surface area contributed by atoms with E-state index in [9.17, 15) is 9.59 Å². The van der Waals surface area contributed by atoms with E-state index in [0.717, 1.165) is 16.5 Å². The summed E-state index contributed by atoms with van der Waals surface area (Å²) in [6.07, 6.45) is 2.56. The second-order valence-electron chi connectivity index (χ2n) is 5.48. The Labute approximate surface area is 151 Å². The molecule has 0 spiro atoms. The van der Waals surface area contributed by atoms with E-state index in [1.807, 2.05) is 38.1 Å². The van der Waals surface area contributed by atoms with Crippen molar-refractivity contribution in [3.8, 4) is 0 Å². The number of esters is 2. The minimum atomic E-state index is -0.474. The molecule has 1 N–H and O–H groups in total. The molecule has 1 aromatic carbocycles. The molecule has 6 heteroatoms. The lowest BCUT2D eigenvalue weighted by atomic mass is 9.99. The molecular formula is C18H24BrNO4. The molecule has 0 bridgehead atoms. The molecule has 2 atom stereocenters. The minimum Gasteiger partial charge on any atom is -0.468 e. The van der Waals surface area contributed by atoms with Gasteiger partial charge in [0, 0.05) is 11.0 Å². The minimum absolute atomic E-state index is 0.0871. The zero-order valence-corrected chi connectivity index (χ0v) is 16.1. The fraction of sp³-hybridized carbons (Fsp3) is 0.444. The molecule has 1 rings (SSSR count). The van der Waals surface area contributed by atoms with Gasteiger partial charge in [0.25, 0.3) is 0 Å². The van der Waals surface area contributed by atoms with Gasteiger partial charge in [0.15, 0.2) is 0 Å². The lowest BCUT2D eigenvalue weighted by Crippen LogP contribution is -2.44. The molecule has 0 heterocycles. The van der Waals surface area contributed by atoms with E-state index in [1.54, 1.807) is 6.08 Å². The van der Waals surface area contributed by atoms with E-state index < -0.39 is 12.0 Å². The lowest BCUT2D eigenvalue weighted by Gasteiger charge is -2.22. The van der Waals surface area contributed by atoms with Crippen LogP contribution in [0.3, 0.4) is 0 Å². The average molecular weight is 398 g/mol. The van der Waals surface area contributed by atoms with Gasteiger partial charge in [0.05, 0.1) is 19.8 Å². The van der Waals surface area contributed by atoms with E-state index in [2.05, 4.69) is 21.2 Å². The SMILES string of the molecule is CCC(C)C(NC/C(=C\c1ccc(Br)cc1)C(=O)OC)C(=O)OC.